The zero-order chi connectivity index (χ0) is 17.0. The minimum absolute atomic E-state index is 0. The molecule has 0 aliphatic heterocycles. The van der Waals surface area contributed by atoms with E-state index in [1.54, 1.807) is 0 Å². The monoisotopic (exact) mass is 400 g/mol. The number of rotatable bonds is 9. The molecule has 0 aromatic rings. The van der Waals surface area contributed by atoms with Crippen LogP contribution >= 0.6 is 0 Å². The van der Waals surface area contributed by atoms with Gasteiger partial charge in [0.1, 0.15) is 0 Å². The summed E-state index contributed by atoms with van der Waals surface area (Å²) in [5.74, 6) is 0.589. The van der Waals surface area contributed by atoms with Gasteiger partial charge >= 0.3 is 0 Å². The van der Waals surface area contributed by atoms with Gasteiger partial charge in [-0.2, -0.15) is 0 Å². The minimum atomic E-state index is -0.164. The molecule has 0 saturated heterocycles. The molecule has 0 amide bonds. The van der Waals surface area contributed by atoms with E-state index in [1.165, 1.54) is 25.7 Å². The van der Waals surface area contributed by atoms with Crippen molar-refractivity contribution in [3.8, 4) is 0 Å². The number of aliphatic imine (C=N–C) groups is 2. The van der Waals surface area contributed by atoms with Crippen molar-refractivity contribution in [2.45, 2.75) is 89.3 Å². The third-order valence-electron chi connectivity index (χ3n) is 5.48. The van der Waals surface area contributed by atoms with Crippen LogP contribution in [-0.2, 0) is 19.5 Å². The van der Waals surface area contributed by atoms with Crippen molar-refractivity contribution in [3.05, 3.63) is 0 Å². The Labute approximate surface area is 166 Å². The molecule has 4 unspecified atom stereocenters. The normalized spacial score (nSPS) is 30.6. The molecule has 2 fully saturated rings. The van der Waals surface area contributed by atoms with Crippen LogP contribution in [0.25, 0.3) is 0 Å². The molecule has 2 saturated carbocycles. The molecule has 0 heterocycles. The van der Waals surface area contributed by atoms with E-state index in [4.69, 9.17) is 0 Å². The molecule has 2 aliphatic rings. The number of unbranched alkanes of at least 4 members (excludes halogenated alkanes) is 3. The predicted octanol–water partition coefficient (Wildman–Crippen LogP) is 3.79. The fourth-order valence-electron chi connectivity index (χ4n) is 3.81. The zero-order valence-corrected chi connectivity index (χ0v) is 18.8. The van der Waals surface area contributed by atoms with Crippen molar-refractivity contribution in [1.82, 2.24) is 0 Å². The van der Waals surface area contributed by atoms with Crippen LogP contribution in [0.5, 0.6) is 0 Å². The quantitative estimate of drug-likeness (QED) is 0.350. The summed E-state index contributed by atoms with van der Waals surface area (Å²) in [7, 11) is 0. The molecule has 4 nitrogen and oxygen atoms in total. The smallest absolute Gasteiger partial charge is 0.0617 e. The van der Waals surface area contributed by atoms with Crippen molar-refractivity contribution >= 4 is 12.4 Å². The number of hydrogen-bond acceptors (Lipinski definition) is 4. The Morgan fingerprint density at radius 2 is 1.04 bits per heavy atom. The van der Waals surface area contributed by atoms with E-state index in [2.05, 4.69) is 9.98 Å². The maximum Gasteiger partial charge on any atom is 0.0617 e. The van der Waals surface area contributed by atoms with Crippen LogP contribution in [0, 0.1) is 11.8 Å². The van der Waals surface area contributed by atoms with Crippen molar-refractivity contribution in [3.63, 3.8) is 0 Å². The van der Waals surface area contributed by atoms with E-state index >= 15 is 0 Å². The van der Waals surface area contributed by atoms with Gasteiger partial charge in [-0.05, 0) is 38.5 Å². The maximum absolute atomic E-state index is 9.88. The number of hydrogen-bond donors (Lipinski definition) is 2. The van der Waals surface area contributed by atoms with Gasteiger partial charge in [-0.1, -0.05) is 38.5 Å². The van der Waals surface area contributed by atoms with Gasteiger partial charge in [-0.25, -0.2) is 0 Å². The Morgan fingerprint density at radius 3 is 1.44 bits per heavy atom. The average molecular weight is 402 g/mol. The van der Waals surface area contributed by atoms with Crippen LogP contribution in [0.1, 0.15) is 77.0 Å². The minimum Gasteiger partial charge on any atom is -0.392 e. The molecule has 2 N–H and O–H groups in total. The topological polar surface area (TPSA) is 65.2 Å². The average Bonchev–Trinajstić information content (AvgIpc) is 2.59. The Bertz CT molecular complexity index is 354. The molecule has 2 aliphatic carbocycles. The molecule has 0 aromatic carbocycles. The first-order valence-corrected chi connectivity index (χ1v) is 10.1. The first-order valence-electron chi connectivity index (χ1n) is 10.1. The second kappa shape index (κ2) is 14.0. The summed E-state index contributed by atoms with van der Waals surface area (Å²) in [4.78, 5) is 9.01. The van der Waals surface area contributed by atoms with Crippen LogP contribution < -0.4 is 0 Å². The zero-order valence-electron chi connectivity index (χ0n) is 15.9. The first kappa shape index (κ1) is 22.9. The summed E-state index contributed by atoms with van der Waals surface area (Å²) < 4.78 is 0. The molecular weight excluding hydrogens is 366 g/mol. The van der Waals surface area contributed by atoms with E-state index in [1.807, 2.05) is 12.4 Å². The summed E-state index contributed by atoms with van der Waals surface area (Å²) in [5, 5.41) is 19.8. The number of aliphatic hydroxyl groups is 2. The first-order chi connectivity index (χ1) is 11.8. The van der Waals surface area contributed by atoms with E-state index in [-0.39, 0.29) is 31.7 Å². The van der Waals surface area contributed by atoms with Gasteiger partial charge in [-0.3, -0.25) is 9.98 Å². The number of nitrogens with zero attached hydrogens (tertiary/aromatic N) is 2. The van der Waals surface area contributed by atoms with Gasteiger partial charge in [0.25, 0.3) is 0 Å². The van der Waals surface area contributed by atoms with E-state index in [9.17, 15) is 10.2 Å². The second-order valence-corrected chi connectivity index (χ2v) is 7.56. The standard InChI is InChI=1S/C20H36N2O2.Zn/c23-19-11-5-3-9-17(19)15-21-13-7-1-2-8-14-22-16-18-10-4-6-12-20(18)24;/h15-20,23-24H,1-14H2;. The fraction of sp³-hybridized carbons (Fsp3) is 0.900. The molecule has 25 heavy (non-hydrogen) atoms. The maximum atomic E-state index is 9.88. The summed E-state index contributed by atoms with van der Waals surface area (Å²) >= 11 is 0. The van der Waals surface area contributed by atoms with Crippen LogP contribution in [0.15, 0.2) is 9.98 Å². The fourth-order valence-corrected chi connectivity index (χ4v) is 3.81. The second-order valence-electron chi connectivity index (χ2n) is 7.56. The summed E-state index contributed by atoms with van der Waals surface area (Å²) in [5.41, 5.74) is 0. The van der Waals surface area contributed by atoms with Crippen LogP contribution in [0.2, 0.25) is 0 Å². The third-order valence-corrected chi connectivity index (χ3v) is 5.48. The Balaban J connectivity index is 0.00000312. The summed E-state index contributed by atoms with van der Waals surface area (Å²) in [6.45, 7) is 1.78. The van der Waals surface area contributed by atoms with Crippen molar-refractivity contribution in [2.75, 3.05) is 13.1 Å². The number of aliphatic hydroxyl groups excluding tert-OH is 2. The van der Waals surface area contributed by atoms with Crippen LogP contribution in [0.4, 0.5) is 0 Å². The molecule has 0 bridgehead atoms. The molecule has 0 spiro atoms. The Morgan fingerprint density at radius 1 is 0.640 bits per heavy atom. The largest absolute Gasteiger partial charge is 0.392 e. The SMILES string of the molecule is OC1CCCCC1C=NCCCCCCN=CC1CCCCC1O.[Zn]. The third kappa shape index (κ3) is 9.40. The Kier molecular flexibility index (Phi) is 12.8. The summed E-state index contributed by atoms with van der Waals surface area (Å²) in [6, 6.07) is 0. The molecule has 0 aromatic heterocycles. The summed E-state index contributed by atoms with van der Waals surface area (Å²) in [6.07, 6.45) is 17.2. The van der Waals surface area contributed by atoms with E-state index in [0.29, 0.717) is 11.8 Å². The van der Waals surface area contributed by atoms with Gasteiger partial charge in [-0.15, -0.1) is 0 Å². The molecule has 0 radical (unpaired) electrons. The van der Waals surface area contributed by atoms with Gasteiger partial charge < -0.3 is 10.2 Å². The van der Waals surface area contributed by atoms with Gasteiger partial charge in [0, 0.05) is 56.8 Å². The molecule has 4 atom stereocenters. The van der Waals surface area contributed by atoms with Crippen LogP contribution in [-0.4, -0.2) is 47.9 Å². The van der Waals surface area contributed by atoms with Gasteiger partial charge in [0.15, 0.2) is 0 Å². The van der Waals surface area contributed by atoms with Crippen molar-refractivity contribution < 1.29 is 29.7 Å². The van der Waals surface area contributed by atoms with Crippen molar-refractivity contribution in [2.24, 2.45) is 21.8 Å². The predicted molar refractivity (Wildman–Crippen MR) is 101 cm³/mol. The molecule has 5 heteroatoms. The van der Waals surface area contributed by atoms with E-state index in [0.717, 1.165) is 64.5 Å². The van der Waals surface area contributed by atoms with Crippen molar-refractivity contribution in [1.29, 1.82) is 0 Å². The molecular formula is C20H36N2O2Zn. The molecule has 2 rings (SSSR count). The molecule has 140 valence electrons. The van der Waals surface area contributed by atoms with E-state index < -0.39 is 0 Å². The Hall–Kier alpha value is -0.117. The van der Waals surface area contributed by atoms with Crippen LogP contribution in [0.3, 0.4) is 0 Å². The van der Waals surface area contributed by atoms with Gasteiger partial charge in [0.05, 0.1) is 12.2 Å². The van der Waals surface area contributed by atoms with Gasteiger partial charge in [0.2, 0.25) is 0 Å².